The second-order valence-electron chi connectivity index (χ2n) is 2.75. The molecule has 0 radical (unpaired) electrons. The molecule has 0 saturated carbocycles. The molecule has 1 heterocycles. The summed E-state index contributed by atoms with van der Waals surface area (Å²) < 4.78 is 4.76. The van der Waals surface area contributed by atoms with Crippen LogP contribution >= 0.6 is 11.6 Å². The number of halogens is 1. The van der Waals surface area contributed by atoms with Crippen molar-refractivity contribution in [3.63, 3.8) is 0 Å². The summed E-state index contributed by atoms with van der Waals surface area (Å²) in [5.74, 6) is -1.54. The highest BCUT2D eigenvalue weighted by Crippen LogP contribution is 2.19. The maximum atomic E-state index is 11.4. The Hall–Kier alpha value is -1.60. The monoisotopic (exact) mass is 224 g/mol. The summed E-state index contributed by atoms with van der Waals surface area (Å²) in [6, 6.07) is 3.38. The van der Waals surface area contributed by atoms with Gasteiger partial charge in [-0.25, -0.2) is 0 Å². The maximum absolute atomic E-state index is 11.4. The number of carbonyl (C=O) groups excluding carboxylic acids is 1. The van der Waals surface area contributed by atoms with E-state index in [0.29, 0.717) is 10.6 Å². The van der Waals surface area contributed by atoms with Crippen LogP contribution in [0.2, 0.25) is 5.02 Å². The molecule has 1 aromatic rings. The normalized spacial score (nSPS) is 11.5. The number of nitriles is 1. The van der Waals surface area contributed by atoms with Crippen molar-refractivity contribution in [1.82, 2.24) is 4.98 Å². The number of hydrogen-bond acceptors (Lipinski definition) is 4. The van der Waals surface area contributed by atoms with Crippen molar-refractivity contribution in [2.75, 3.05) is 6.61 Å². The molecule has 1 unspecified atom stereocenters. The smallest absolute Gasteiger partial charge is 0.327 e. The zero-order valence-corrected chi connectivity index (χ0v) is 8.86. The molecule has 0 amide bonds. The Labute approximate surface area is 92.4 Å². The quantitative estimate of drug-likeness (QED) is 0.736. The third kappa shape index (κ3) is 2.93. The van der Waals surface area contributed by atoms with Crippen molar-refractivity contribution >= 4 is 17.6 Å². The first-order valence-electron chi connectivity index (χ1n) is 4.35. The number of nitrogens with zero attached hydrogens (tertiary/aromatic N) is 2. The Bertz CT molecular complexity index is 401. The molecule has 0 aromatic carbocycles. The van der Waals surface area contributed by atoms with Crippen LogP contribution in [0.1, 0.15) is 18.4 Å². The van der Waals surface area contributed by atoms with Gasteiger partial charge in [0, 0.05) is 18.0 Å². The van der Waals surface area contributed by atoms with Gasteiger partial charge in [0.25, 0.3) is 0 Å². The molecule has 1 aromatic heterocycles. The molecular weight excluding hydrogens is 216 g/mol. The van der Waals surface area contributed by atoms with Crippen LogP contribution in [0, 0.1) is 11.3 Å². The van der Waals surface area contributed by atoms with E-state index in [2.05, 4.69) is 4.98 Å². The molecule has 0 aliphatic heterocycles. The Morgan fingerprint density at radius 2 is 2.47 bits per heavy atom. The minimum absolute atomic E-state index is 0.241. The van der Waals surface area contributed by atoms with Gasteiger partial charge in [-0.1, -0.05) is 11.6 Å². The highest BCUT2D eigenvalue weighted by atomic mass is 35.5. The number of carbonyl (C=O) groups is 1. The molecule has 0 spiro atoms. The molecular formula is C10H9ClN2O2. The summed E-state index contributed by atoms with van der Waals surface area (Å²) in [7, 11) is 0. The van der Waals surface area contributed by atoms with Gasteiger partial charge in [0.1, 0.15) is 0 Å². The number of rotatable bonds is 3. The van der Waals surface area contributed by atoms with Crippen molar-refractivity contribution in [1.29, 1.82) is 5.26 Å². The van der Waals surface area contributed by atoms with Crippen LogP contribution in [0.15, 0.2) is 18.5 Å². The molecule has 1 atom stereocenters. The molecule has 78 valence electrons. The van der Waals surface area contributed by atoms with E-state index in [4.69, 9.17) is 21.6 Å². The van der Waals surface area contributed by atoms with Gasteiger partial charge in [0.15, 0.2) is 5.92 Å². The van der Waals surface area contributed by atoms with Crippen LogP contribution in [-0.2, 0) is 9.53 Å². The van der Waals surface area contributed by atoms with Crippen LogP contribution in [0.5, 0.6) is 0 Å². The summed E-state index contributed by atoms with van der Waals surface area (Å²) in [6.45, 7) is 1.92. The lowest BCUT2D eigenvalue weighted by Gasteiger charge is -2.07. The van der Waals surface area contributed by atoms with Gasteiger partial charge in [-0.15, -0.1) is 0 Å². The Morgan fingerprint density at radius 1 is 1.73 bits per heavy atom. The highest BCUT2D eigenvalue weighted by molar-refractivity contribution is 6.30. The van der Waals surface area contributed by atoms with Crippen molar-refractivity contribution < 1.29 is 9.53 Å². The fourth-order valence-corrected chi connectivity index (χ4v) is 1.26. The summed E-state index contributed by atoms with van der Waals surface area (Å²) in [5, 5.41) is 9.23. The van der Waals surface area contributed by atoms with Gasteiger partial charge in [-0.05, 0) is 13.0 Å². The first-order chi connectivity index (χ1) is 7.19. The number of hydrogen-bond donors (Lipinski definition) is 0. The summed E-state index contributed by atoms with van der Waals surface area (Å²) in [6.07, 6.45) is 2.86. The minimum atomic E-state index is -0.962. The maximum Gasteiger partial charge on any atom is 0.327 e. The minimum Gasteiger partial charge on any atom is -0.465 e. The molecule has 5 heteroatoms. The zero-order chi connectivity index (χ0) is 11.3. The average molecular weight is 225 g/mol. The van der Waals surface area contributed by atoms with E-state index >= 15 is 0 Å². The molecule has 0 bridgehead atoms. The van der Waals surface area contributed by atoms with Gasteiger partial charge in [-0.2, -0.15) is 5.26 Å². The van der Waals surface area contributed by atoms with E-state index in [1.54, 1.807) is 6.92 Å². The van der Waals surface area contributed by atoms with Crippen LogP contribution in [0.4, 0.5) is 0 Å². The SMILES string of the molecule is CCOC(=O)C(C#N)c1cncc(Cl)c1. The molecule has 0 fully saturated rings. The summed E-state index contributed by atoms with van der Waals surface area (Å²) in [4.78, 5) is 15.2. The Morgan fingerprint density at radius 3 is 3.00 bits per heavy atom. The van der Waals surface area contributed by atoms with Crippen LogP contribution in [0.3, 0.4) is 0 Å². The van der Waals surface area contributed by atoms with E-state index in [-0.39, 0.29) is 6.61 Å². The highest BCUT2D eigenvalue weighted by Gasteiger charge is 2.21. The van der Waals surface area contributed by atoms with Gasteiger partial charge in [-0.3, -0.25) is 9.78 Å². The van der Waals surface area contributed by atoms with E-state index in [9.17, 15) is 4.79 Å². The van der Waals surface area contributed by atoms with Crippen molar-refractivity contribution in [3.8, 4) is 6.07 Å². The Kier molecular flexibility index (Phi) is 4.07. The van der Waals surface area contributed by atoms with E-state index in [1.807, 2.05) is 6.07 Å². The van der Waals surface area contributed by atoms with Crippen LogP contribution in [-0.4, -0.2) is 17.6 Å². The van der Waals surface area contributed by atoms with Gasteiger partial charge >= 0.3 is 5.97 Å². The predicted molar refractivity (Wildman–Crippen MR) is 54.2 cm³/mol. The molecule has 15 heavy (non-hydrogen) atoms. The van der Waals surface area contributed by atoms with E-state index in [1.165, 1.54) is 18.5 Å². The number of esters is 1. The predicted octanol–water partition coefficient (Wildman–Crippen LogP) is 1.91. The lowest BCUT2D eigenvalue weighted by molar-refractivity contribution is -0.143. The standard InChI is InChI=1S/C10H9ClN2O2/c1-2-15-10(14)9(4-12)7-3-8(11)6-13-5-7/h3,5-6,9H,2H2,1H3. The number of pyridine rings is 1. The van der Waals surface area contributed by atoms with E-state index < -0.39 is 11.9 Å². The second-order valence-corrected chi connectivity index (χ2v) is 3.19. The largest absolute Gasteiger partial charge is 0.465 e. The lowest BCUT2D eigenvalue weighted by Crippen LogP contribution is -2.14. The second kappa shape index (κ2) is 5.32. The van der Waals surface area contributed by atoms with Gasteiger partial charge in [0.05, 0.1) is 17.7 Å². The van der Waals surface area contributed by atoms with E-state index in [0.717, 1.165) is 0 Å². The average Bonchev–Trinajstić information content (AvgIpc) is 2.19. The molecule has 1 rings (SSSR count). The van der Waals surface area contributed by atoms with Crippen LogP contribution < -0.4 is 0 Å². The molecule has 4 nitrogen and oxygen atoms in total. The molecule has 0 aliphatic rings. The fraction of sp³-hybridized carbons (Fsp3) is 0.300. The number of ether oxygens (including phenoxy) is 1. The molecule has 0 aliphatic carbocycles. The summed E-state index contributed by atoms with van der Waals surface area (Å²) in [5.41, 5.74) is 0.448. The lowest BCUT2D eigenvalue weighted by atomic mass is 10.0. The van der Waals surface area contributed by atoms with Gasteiger partial charge in [0.2, 0.25) is 0 Å². The van der Waals surface area contributed by atoms with Crippen molar-refractivity contribution in [2.24, 2.45) is 0 Å². The first-order valence-corrected chi connectivity index (χ1v) is 4.73. The first kappa shape index (κ1) is 11.5. The molecule has 0 saturated heterocycles. The number of aromatic nitrogens is 1. The van der Waals surface area contributed by atoms with Gasteiger partial charge < -0.3 is 4.74 Å². The summed E-state index contributed by atoms with van der Waals surface area (Å²) >= 11 is 5.70. The zero-order valence-electron chi connectivity index (χ0n) is 8.11. The van der Waals surface area contributed by atoms with Crippen molar-refractivity contribution in [2.45, 2.75) is 12.8 Å². The third-order valence-corrected chi connectivity index (χ3v) is 1.92. The van der Waals surface area contributed by atoms with Crippen molar-refractivity contribution in [3.05, 3.63) is 29.0 Å². The topological polar surface area (TPSA) is 63.0 Å². The third-order valence-electron chi connectivity index (χ3n) is 1.71. The van der Waals surface area contributed by atoms with Crippen LogP contribution in [0.25, 0.3) is 0 Å². The fourth-order valence-electron chi connectivity index (χ4n) is 1.08. The molecule has 0 N–H and O–H groups in total. The Balaban J connectivity index is 2.93.